The Morgan fingerprint density at radius 1 is 1.03 bits per heavy atom. The Morgan fingerprint density at radius 2 is 1.72 bits per heavy atom. The molecule has 0 unspecified atom stereocenters. The van der Waals surface area contributed by atoms with Crippen molar-refractivity contribution in [2.75, 3.05) is 24.2 Å². The fourth-order valence-corrected chi connectivity index (χ4v) is 2.68. The van der Waals surface area contributed by atoms with Gasteiger partial charge in [-0.25, -0.2) is 14.0 Å². The second-order valence-corrected chi connectivity index (χ2v) is 8.19. The lowest BCUT2D eigenvalue weighted by Gasteiger charge is -2.20. The largest absolute Gasteiger partial charge is 0.444 e. The molecule has 4 amide bonds. The second-order valence-electron chi connectivity index (χ2n) is 8.19. The van der Waals surface area contributed by atoms with Crippen molar-refractivity contribution < 1.29 is 23.5 Å². The summed E-state index contributed by atoms with van der Waals surface area (Å²) in [5.74, 6) is -1.03. The van der Waals surface area contributed by atoms with Crippen LogP contribution in [0.4, 0.5) is 25.4 Å². The van der Waals surface area contributed by atoms with Crippen LogP contribution in [-0.4, -0.2) is 42.1 Å². The minimum Gasteiger partial charge on any atom is -0.444 e. The first kappa shape index (κ1) is 24.6. The Labute approximate surface area is 187 Å². The molecule has 0 saturated heterocycles. The number of hydrogen-bond donors (Lipinski definition) is 3. The number of benzene rings is 2. The smallest absolute Gasteiger partial charge is 0.412 e. The number of carbonyl (C=O) groups excluding carboxylic acids is 3. The molecule has 2 aromatic carbocycles. The standard InChI is InChI=1S/C23H29FN4O4/c1-23(2,3)32-22(31)27-19-14-17(10-11-18(19)24)26-20(29)12-13-25-21(30)28(4)15-16-8-6-5-7-9-16/h5-11,14H,12-13,15H2,1-4H3,(H,25,30)(H,26,29)(H,27,31). The van der Waals surface area contributed by atoms with Crippen LogP contribution in [0.5, 0.6) is 0 Å². The lowest BCUT2D eigenvalue weighted by Crippen LogP contribution is -2.38. The molecule has 0 aromatic heterocycles. The maximum absolute atomic E-state index is 14.0. The highest BCUT2D eigenvalue weighted by atomic mass is 19.1. The van der Waals surface area contributed by atoms with Gasteiger partial charge in [-0.1, -0.05) is 30.3 Å². The Bertz CT molecular complexity index is 945. The van der Waals surface area contributed by atoms with E-state index in [-0.39, 0.29) is 30.6 Å². The van der Waals surface area contributed by atoms with Gasteiger partial charge in [0.1, 0.15) is 11.4 Å². The Hall–Kier alpha value is -3.62. The van der Waals surface area contributed by atoms with E-state index >= 15 is 0 Å². The van der Waals surface area contributed by atoms with Crippen LogP contribution in [0.25, 0.3) is 0 Å². The van der Waals surface area contributed by atoms with Crippen molar-refractivity contribution in [3.63, 3.8) is 0 Å². The van der Waals surface area contributed by atoms with E-state index in [0.29, 0.717) is 12.2 Å². The zero-order chi connectivity index (χ0) is 23.7. The van der Waals surface area contributed by atoms with E-state index in [1.165, 1.54) is 17.0 Å². The number of carbonyl (C=O) groups is 3. The van der Waals surface area contributed by atoms with Crippen molar-refractivity contribution in [2.24, 2.45) is 0 Å². The summed E-state index contributed by atoms with van der Waals surface area (Å²) in [5.41, 5.74) is 0.448. The molecule has 0 bridgehead atoms. The van der Waals surface area contributed by atoms with Crippen LogP contribution in [0.1, 0.15) is 32.8 Å². The lowest BCUT2D eigenvalue weighted by molar-refractivity contribution is -0.116. The number of hydrogen-bond acceptors (Lipinski definition) is 4. The van der Waals surface area contributed by atoms with Crippen molar-refractivity contribution >= 4 is 29.4 Å². The van der Waals surface area contributed by atoms with Crippen LogP contribution in [0, 0.1) is 5.82 Å². The van der Waals surface area contributed by atoms with Gasteiger partial charge in [0.05, 0.1) is 5.69 Å². The van der Waals surface area contributed by atoms with Gasteiger partial charge in [0.25, 0.3) is 0 Å². The number of rotatable bonds is 7. The zero-order valence-electron chi connectivity index (χ0n) is 18.7. The molecule has 2 rings (SSSR count). The summed E-state index contributed by atoms with van der Waals surface area (Å²) in [5, 5.41) is 7.61. The van der Waals surface area contributed by atoms with E-state index < -0.39 is 17.5 Å². The van der Waals surface area contributed by atoms with Crippen molar-refractivity contribution in [1.29, 1.82) is 0 Å². The quantitative estimate of drug-likeness (QED) is 0.591. The predicted molar refractivity (Wildman–Crippen MR) is 121 cm³/mol. The molecular weight excluding hydrogens is 415 g/mol. The Kier molecular flexibility index (Phi) is 8.57. The van der Waals surface area contributed by atoms with Gasteiger partial charge in [-0.05, 0) is 44.5 Å². The van der Waals surface area contributed by atoms with E-state index in [9.17, 15) is 18.8 Å². The summed E-state index contributed by atoms with van der Waals surface area (Å²) >= 11 is 0. The molecule has 8 nitrogen and oxygen atoms in total. The molecule has 0 aliphatic heterocycles. The molecule has 3 N–H and O–H groups in total. The minimum atomic E-state index is -0.804. The van der Waals surface area contributed by atoms with Crippen molar-refractivity contribution in [3.8, 4) is 0 Å². The van der Waals surface area contributed by atoms with E-state index in [1.54, 1.807) is 27.8 Å². The Morgan fingerprint density at radius 3 is 2.38 bits per heavy atom. The van der Waals surface area contributed by atoms with Gasteiger partial charge in [-0.2, -0.15) is 0 Å². The average molecular weight is 445 g/mol. The number of halogens is 1. The monoisotopic (exact) mass is 444 g/mol. The highest BCUT2D eigenvalue weighted by molar-refractivity contribution is 5.92. The molecule has 0 atom stereocenters. The van der Waals surface area contributed by atoms with Gasteiger partial charge in [-0.3, -0.25) is 10.1 Å². The number of amides is 4. The number of urea groups is 1. The van der Waals surface area contributed by atoms with Crippen molar-refractivity contribution in [1.82, 2.24) is 10.2 Å². The normalized spacial score (nSPS) is 10.8. The summed E-state index contributed by atoms with van der Waals surface area (Å²) in [6, 6.07) is 13.0. The van der Waals surface area contributed by atoms with Gasteiger partial charge >= 0.3 is 12.1 Å². The SMILES string of the molecule is CN(Cc1ccccc1)C(=O)NCCC(=O)Nc1ccc(F)c(NC(=O)OC(C)(C)C)c1. The molecule has 0 aliphatic carbocycles. The molecule has 172 valence electrons. The van der Waals surface area contributed by atoms with Crippen LogP contribution in [-0.2, 0) is 16.1 Å². The zero-order valence-corrected chi connectivity index (χ0v) is 18.7. The van der Waals surface area contributed by atoms with Gasteiger partial charge in [-0.15, -0.1) is 0 Å². The second kappa shape index (κ2) is 11.1. The third-order valence-electron chi connectivity index (χ3n) is 4.12. The van der Waals surface area contributed by atoms with Crippen LogP contribution < -0.4 is 16.0 Å². The number of nitrogens with one attached hydrogen (secondary N) is 3. The Balaban J connectivity index is 1.81. The molecule has 0 aliphatic rings. The van der Waals surface area contributed by atoms with E-state index in [4.69, 9.17) is 4.74 Å². The fraction of sp³-hybridized carbons (Fsp3) is 0.348. The van der Waals surface area contributed by atoms with Gasteiger partial charge in [0.2, 0.25) is 5.91 Å². The third-order valence-corrected chi connectivity index (χ3v) is 4.12. The topological polar surface area (TPSA) is 99.8 Å². The van der Waals surface area contributed by atoms with Crippen molar-refractivity contribution in [3.05, 3.63) is 59.9 Å². The lowest BCUT2D eigenvalue weighted by atomic mass is 10.2. The molecular formula is C23H29FN4O4. The van der Waals surface area contributed by atoms with Crippen LogP contribution in [0.2, 0.25) is 0 Å². The number of ether oxygens (including phenoxy) is 1. The third kappa shape index (κ3) is 8.63. The molecule has 0 fully saturated rings. The van der Waals surface area contributed by atoms with Crippen molar-refractivity contribution in [2.45, 2.75) is 39.3 Å². The van der Waals surface area contributed by atoms with Crippen LogP contribution in [0.3, 0.4) is 0 Å². The highest BCUT2D eigenvalue weighted by Crippen LogP contribution is 2.21. The summed E-state index contributed by atoms with van der Waals surface area (Å²) in [6.45, 7) is 5.66. The first-order valence-corrected chi connectivity index (χ1v) is 10.2. The van der Waals surface area contributed by atoms with Gasteiger partial charge < -0.3 is 20.3 Å². The minimum absolute atomic E-state index is 0.0249. The highest BCUT2D eigenvalue weighted by Gasteiger charge is 2.18. The van der Waals surface area contributed by atoms with Gasteiger partial charge in [0, 0.05) is 32.2 Å². The van der Waals surface area contributed by atoms with E-state index in [1.807, 2.05) is 30.3 Å². The maximum atomic E-state index is 14.0. The van der Waals surface area contributed by atoms with Gasteiger partial charge in [0.15, 0.2) is 0 Å². The van der Waals surface area contributed by atoms with E-state index in [2.05, 4.69) is 16.0 Å². The summed E-state index contributed by atoms with van der Waals surface area (Å²) in [4.78, 5) is 37.7. The molecule has 0 spiro atoms. The predicted octanol–water partition coefficient (Wildman–Crippen LogP) is 4.34. The molecule has 9 heteroatoms. The molecule has 0 radical (unpaired) electrons. The fourth-order valence-electron chi connectivity index (χ4n) is 2.68. The average Bonchev–Trinajstić information content (AvgIpc) is 2.69. The number of nitrogens with zero attached hydrogens (tertiary/aromatic N) is 1. The summed E-state index contributed by atoms with van der Waals surface area (Å²) < 4.78 is 19.1. The first-order chi connectivity index (χ1) is 15.0. The summed E-state index contributed by atoms with van der Waals surface area (Å²) in [7, 11) is 1.67. The van der Waals surface area contributed by atoms with Crippen LogP contribution >= 0.6 is 0 Å². The summed E-state index contributed by atoms with van der Waals surface area (Å²) in [6.07, 6.45) is -0.779. The van der Waals surface area contributed by atoms with Crippen LogP contribution in [0.15, 0.2) is 48.5 Å². The van der Waals surface area contributed by atoms with E-state index in [0.717, 1.165) is 11.6 Å². The maximum Gasteiger partial charge on any atom is 0.412 e. The number of anilines is 2. The molecule has 0 saturated carbocycles. The first-order valence-electron chi connectivity index (χ1n) is 10.2. The molecule has 0 heterocycles. The molecule has 2 aromatic rings. The molecule has 32 heavy (non-hydrogen) atoms.